The molecule has 3 aromatic carbocycles. The monoisotopic (exact) mass is 455 g/mol. The lowest BCUT2D eigenvalue weighted by molar-refractivity contribution is 0.102. The molecule has 0 bridgehead atoms. The average Bonchev–Trinajstić information content (AvgIpc) is 2.86. The molecule has 0 unspecified atom stereocenters. The first-order chi connectivity index (χ1) is 16.6. The van der Waals surface area contributed by atoms with Crippen molar-refractivity contribution in [2.24, 2.45) is 0 Å². The number of rotatable bonds is 10. The van der Waals surface area contributed by atoms with Gasteiger partial charge in [0, 0.05) is 16.6 Å². The number of hydrogen-bond donors (Lipinski definition) is 1. The second kappa shape index (κ2) is 11.3. The van der Waals surface area contributed by atoms with Gasteiger partial charge in [0.05, 0.1) is 12.2 Å². The van der Waals surface area contributed by atoms with Crippen molar-refractivity contribution in [2.75, 3.05) is 11.9 Å². The van der Waals surface area contributed by atoms with E-state index >= 15 is 0 Å². The fourth-order valence-electron chi connectivity index (χ4n) is 3.83. The zero-order valence-corrected chi connectivity index (χ0v) is 19.4. The Morgan fingerprint density at radius 2 is 1.68 bits per heavy atom. The number of benzene rings is 3. The molecule has 0 aliphatic heterocycles. The lowest BCUT2D eigenvalue weighted by Crippen LogP contribution is -2.12. The number of hydrogen-bond acceptors (Lipinski definition) is 4. The zero-order chi connectivity index (χ0) is 23.8. The van der Waals surface area contributed by atoms with Crippen LogP contribution in [0.25, 0.3) is 22.1 Å². The Kier molecular flexibility index (Phi) is 7.76. The fourth-order valence-corrected chi connectivity index (χ4v) is 3.83. The quantitative estimate of drug-likeness (QED) is 0.205. The molecular formula is C29H29NO4. The molecule has 1 N–H and O–H groups in total. The Bertz CT molecular complexity index is 1310. The number of ether oxygens (including phenoxy) is 1. The highest BCUT2D eigenvalue weighted by atomic mass is 16.5. The molecule has 34 heavy (non-hydrogen) atoms. The zero-order valence-electron chi connectivity index (χ0n) is 19.4. The normalized spacial score (nSPS) is 10.9. The Morgan fingerprint density at radius 1 is 0.882 bits per heavy atom. The fraction of sp³-hybridized carbons (Fsp3) is 0.241. The summed E-state index contributed by atoms with van der Waals surface area (Å²) in [4.78, 5) is 25.2. The van der Waals surface area contributed by atoms with Gasteiger partial charge in [0.15, 0.2) is 0 Å². The minimum Gasteiger partial charge on any atom is -0.494 e. The van der Waals surface area contributed by atoms with Crippen LogP contribution in [-0.2, 0) is 0 Å². The summed E-state index contributed by atoms with van der Waals surface area (Å²) in [5.41, 5.74) is 2.40. The SMILES string of the molecule is CCCCCCCOc1ccc(C(=O)Nc2cccc(-c3cc4ccccc4oc3=O)c2)cc1. The van der Waals surface area contributed by atoms with Crippen LogP contribution >= 0.6 is 0 Å². The molecule has 0 saturated carbocycles. The van der Waals surface area contributed by atoms with E-state index in [-0.39, 0.29) is 5.91 Å². The van der Waals surface area contributed by atoms with Crippen LogP contribution in [0.5, 0.6) is 5.75 Å². The second-order valence-corrected chi connectivity index (χ2v) is 8.31. The van der Waals surface area contributed by atoms with Gasteiger partial charge < -0.3 is 14.5 Å². The smallest absolute Gasteiger partial charge is 0.344 e. The maximum atomic E-state index is 12.7. The highest BCUT2D eigenvalue weighted by Crippen LogP contribution is 2.24. The summed E-state index contributed by atoms with van der Waals surface area (Å²) >= 11 is 0. The first-order valence-electron chi connectivity index (χ1n) is 11.8. The molecule has 0 spiro atoms. The standard InChI is InChI=1S/C29H29NO4/c1-2-3-4-5-8-18-33-25-16-14-21(15-17-25)28(31)30-24-12-9-11-22(19-24)26-20-23-10-6-7-13-27(23)34-29(26)32/h6-7,9-17,19-20H,2-5,8,18H2,1H3,(H,30,31). The minimum atomic E-state index is -0.414. The molecule has 0 aliphatic carbocycles. The largest absolute Gasteiger partial charge is 0.494 e. The van der Waals surface area contributed by atoms with E-state index in [1.54, 1.807) is 36.4 Å². The van der Waals surface area contributed by atoms with Crippen LogP contribution in [0.15, 0.2) is 88.1 Å². The van der Waals surface area contributed by atoms with Gasteiger partial charge in [-0.25, -0.2) is 4.79 Å². The summed E-state index contributed by atoms with van der Waals surface area (Å²) in [5, 5.41) is 3.75. The summed E-state index contributed by atoms with van der Waals surface area (Å²) < 4.78 is 11.2. The van der Waals surface area contributed by atoms with E-state index in [9.17, 15) is 9.59 Å². The molecule has 5 heteroatoms. The number of carbonyl (C=O) groups excluding carboxylic acids is 1. The van der Waals surface area contributed by atoms with Gasteiger partial charge in [0.1, 0.15) is 11.3 Å². The number of carbonyl (C=O) groups is 1. The Labute approximate surface area is 199 Å². The van der Waals surface area contributed by atoms with Crippen molar-refractivity contribution in [2.45, 2.75) is 39.0 Å². The molecule has 0 radical (unpaired) electrons. The van der Waals surface area contributed by atoms with E-state index in [4.69, 9.17) is 9.15 Å². The van der Waals surface area contributed by atoms with Crippen molar-refractivity contribution >= 4 is 22.6 Å². The maximum Gasteiger partial charge on any atom is 0.344 e. The molecule has 1 heterocycles. The second-order valence-electron chi connectivity index (χ2n) is 8.31. The van der Waals surface area contributed by atoms with Crippen molar-refractivity contribution in [1.82, 2.24) is 0 Å². The molecule has 174 valence electrons. The molecule has 1 amide bonds. The van der Waals surface area contributed by atoms with Crippen molar-refractivity contribution < 1.29 is 13.9 Å². The van der Waals surface area contributed by atoms with Crippen molar-refractivity contribution in [3.05, 3.63) is 94.8 Å². The van der Waals surface area contributed by atoms with Crippen LogP contribution in [0.1, 0.15) is 49.4 Å². The molecule has 0 fully saturated rings. The number of amides is 1. The molecule has 0 aliphatic rings. The van der Waals surface area contributed by atoms with E-state index in [0.717, 1.165) is 17.6 Å². The van der Waals surface area contributed by atoms with Crippen LogP contribution in [-0.4, -0.2) is 12.5 Å². The predicted octanol–water partition coefficient (Wildman–Crippen LogP) is 7.06. The van der Waals surface area contributed by atoms with E-state index in [1.165, 1.54) is 25.7 Å². The van der Waals surface area contributed by atoms with Crippen molar-refractivity contribution in [3.8, 4) is 16.9 Å². The van der Waals surface area contributed by atoms with Gasteiger partial charge in [-0.15, -0.1) is 0 Å². The number of unbranched alkanes of at least 4 members (excludes halogenated alkanes) is 4. The van der Waals surface area contributed by atoms with Gasteiger partial charge in [0.25, 0.3) is 5.91 Å². The highest BCUT2D eigenvalue weighted by Gasteiger charge is 2.11. The Hall–Kier alpha value is -3.86. The highest BCUT2D eigenvalue weighted by molar-refractivity contribution is 6.04. The summed E-state index contributed by atoms with van der Waals surface area (Å²) in [6, 6.07) is 23.5. The third kappa shape index (κ3) is 5.93. The van der Waals surface area contributed by atoms with Crippen molar-refractivity contribution in [1.29, 1.82) is 0 Å². The predicted molar refractivity (Wildman–Crippen MR) is 137 cm³/mol. The first kappa shape index (κ1) is 23.3. The number of nitrogens with one attached hydrogen (secondary N) is 1. The summed E-state index contributed by atoms with van der Waals surface area (Å²) in [5.74, 6) is 0.533. The Balaban J connectivity index is 1.40. The molecule has 5 nitrogen and oxygen atoms in total. The molecule has 1 aromatic heterocycles. The number of fused-ring (bicyclic) bond motifs is 1. The van der Waals surface area contributed by atoms with Crippen LogP contribution < -0.4 is 15.7 Å². The van der Waals surface area contributed by atoms with Gasteiger partial charge in [-0.05, 0) is 60.5 Å². The Morgan fingerprint density at radius 3 is 2.50 bits per heavy atom. The summed E-state index contributed by atoms with van der Waals surface area (Å²) in [6.07, 6.45) is 5.95. The van der Waals surface area contributed by atoms with Crippen molar-refractivity contribution in [3.63, 3.8) is 0 Å². The lowest BCUT2D eigenvalue weighted by Gasteiger charge is -2.09. The molecule has 4 rings (SSSR count). The van der Waals surface area contributed by atoms with Gasteiger partial charge in [0.2, 0.25) is 0 Å². The number of anilines is 1. The maximum absolute atomic E-state index is 12.7. The molecule has 4 aromatic rings. The molecule has 0 saturated heterocycles. The van der Waals surface area contributed by atoms with E-state index < -0.39 is 5.63 Å². The van der Waals surface area contributed by atoms with Gasteiger partial charge in [-0.2, -0.15) is 0 Å². The minimum absolute atomic E-state index is 0.228. The third-order valence-electron chi connectivity index (χ3n) is 5.71. The molecular weight excluding hydrogens is 426 g/mol. The van der Waals surface area contributed by atoms with E-state index in [1.807, 2.05) is 42.5 Å². The number of para-hydroxylation sites is 1. The van der Waals surface area contributed by atoms with Crippen LogP contribution in [0, 0.1) is 0 Å². The topological polar surface area (TPSA) is 68.5 Å². The molecule has 0 atom stereocenters. The third-order valence-corrected chi connectivity index (χ3v) is 5.71. The van der Waals surface area contributed by atoms with Gasteiger partial charge >= 0.3 is 5.63 Å². The van der Waals surface area contributed by atoms with Crippen LogP contribution in [0.2, 0.25) is 0 Å². The summed E-state index contributed by atoms with van der Waals surface area (Å²) in [7, 11) is 0. The first-order valence-corrected chi connectivity index (χ1v) is 11.8. The summed E-state index contributed by atoms with van der Waals surface area (Å²) in [6.45, 7) is 2.89. The van der Waals surface area contributed by atoms with Crippen LogP contribution in [0.4, 0.5) is 5.69 Å². The van der Waals surface area contributed by atoms with E-state index in [0.29, 0.717) is 34.6 Å². The lowest BCUT2D eigenvalue weighted by atomic mass is 10.1. The average molecular weight is 456 g/mol. The van der Waals surface area contributed by atoms with Gasteiger partial charge in [-0.3, -0.25) is 4.79 Å². The van der Waals surface area contributed by atoms with Gasteiger partial charge in [-0.1, -0.05) is 62.9 Å². The van der Waals surface area contributed by atoms with E-state index in [2.05, 4.69) is 12.2 Å². The van der Waals surface area contributed by atoms with Crippen LogP contribution in [0.3, 0.4) is 0 Å².